The predicted octanol–water partition coefficient (Wildman–Crippen LogP) is 1.57. The molecule has 9 heteroatoms. The van der Waals surface area contributed by atoms with E-state index < -0.39 is 11.9 Å². The number of pyridine rings is 1. The third kappa shape index (κ3) is 5.34. The minimum absolute atomic E-state index is 0.0571. The zero-order valence-corrected chi connectivity index (χ0v) is 13.6. The number of morpholine rings is 1. The molecule has 0 spiro atoms. The lowest BCUT2D eigenvalue weighted by molar-refractivity contribution is -0.141. The van der Waals surface area contributed by atoms with E-state index in [2.05, 4.69) is 10.3 Å². The smallest absolute Gasteiger partial charge is 0.373 e. The van der Waals surface area contributed by atoms with Crippen LogP contribution in [-0.2, 0) is 17.5 Å². The number of rotatable bonds is 4. The Morgan fingerprint density at radius 1 is 1.46 bits per heavy atom. The zero-order chi connectivity index (χ0) is 17.7. The fraction of sp³-hybridized carbons (Fsp3) is 0.600. The molecular weight excluding hydrogens is 325 g/mol. The van der Waals surface area contributed by atoms with Crippen molar-refractivity contribution in [3.8, 4) is 0 Å². The largest absolute Gasteiger partial charge is 0.433 e. The van der Waals surface area contributed by atoms with Crippen LogP contribution >= 0.6 is 0 Å². The van der Waals surface area contributed by atoms with Crippen LogP contribution in [0.3, 0.4) is 0 Å². The number of amides is 2. The van der Waals surface area contributed by atoms with Crippen LogP contribution in [0.15, 0.2) is 18.2 Å². The van der Waals surface area contributed by atoms with Crippen LogP contribution in [0.5, 0.6) is 0 Å². The van der Waals surface area contributed by atoms with E-state index in [4.69, 9.17) is 4.74 Å². The first kappa shape index (κ1) is 18.5. The van der Waals surface area contributed by atoms with Gasteiger partial charge >= 0.3 is 12.2 Å². The lowest BCUT2D eigenvalue weighted by atomic mass is 10.2. The number of carbonyl (C=O) groups excluding carboxylic acids is 1. The van der Waals surface area contributed by atoms with Crippen molar-refractivity contribution in [2.75, 3.05) is 40.3 Å². The number of ether oxygens (including phenoxy) is 1. The molecule has 1 atom stereocenters. The van der Waals surface area contributed by atoms with Gasteiger partial charge in [0.2, 0.25) is 0 Å². The second-order valence-electron chi connectivity index (χ2n) is 5.87. The number of halogens is 3. The Morgan fingerprint density at radius 2 is 2.21 bits per heavy atom. The molecule has 0 bridgehead atoms. The number of urea groups is 1. The highest BCUT2D eigenvalue weighted by atomic mass is 19.4. The van der Waals surface area contributed by atoms with Crippen molar-refractivity contribution in [2.24, 2.45) is 0 Å². The number of carbonyl (C=O) groups is 1. The summed E-state index contributed by atoms with van der Waals surface area (Å²) in [6, 6.07) is 3.29. The topological polar surface area (TPSA) is 57.7 Å². The molecule has 1 aromatic rings. The molecule has 1 aromatic heterocycles. The number of aromatic nitrogens is 1. The molecule has 0 saturated carbocycles. The van der Waals surface area contributed by atoms with Gasteiger partial charge in [-0.2, -0.15) is 13.2 Å². The van der Waals surface area contributed by atoms with Gasteiger partial charge in [0.1, 0.15) is 5.69 Å². The first-order chi connectivity index (χ1) is 11.3. The molecule has 1 N–H and O–H groups in total. The van der Waals surface area contributed by atoms with Crippen molar-refractivity contribution in [1.82, 2.24) is 20.1 Å². The molecule has 1 aliphatic heterocycles. The maximum Gasteiger partial charge on any atom is 0.433 e. The highest BCUT2D eigenvalue weighted by molar-refractivity contribution is 5.74. The van der Waals surface area contributed by atoms with E-state index in [1.807, 2.05) is 19.0 Å². The molecule has 1 fully saturated rings. The van der Waals surface area contributed by atoms with Crippen molar-refractivity contribution in [3.63, 3.8) is 0 Å². The third-order valence-electron chi connectivity index (χ3n) is 3.51. The van der Waals surface area contributed by atoms with Crippen molar-refractivity contribution in [2.45, 2.75) is 18.8 Å². The summed E-state index contributed by atoms with van der Waals surface area (Å²) in [5.41, 5.74) is -0.803. The number of alkyl halides is 3. The Labute approximate surface area is 138 Å². The molecule has 2 heterocycles. The highest BCUT2D eigenvalue weighted by Gasteiger charge is 2.32. The average molecular weight is 346 g/mol. The van der Waals surface area contributed by atoms with Crippen LogP contribution in [0.4, 0.5) is 18.0 Å². The van der Waals surface area contributed by atoms with Gasteiger partial charge in [-0.1, -0.05) is 6.07 Å². The normalized spacial score (nSPS) is 18.8. The fourth-order valence-corrected chi connectivity index (χ4v) is 2.44. The van der Waals surface area contributed by atoms with Crippen LogP contribution < -0.4 is 5.32 Å². The molecule has 24 heavy (non-hydrogen) atoms. The quantitative estimate of drug-likeness (QED) is 0.899. The maximum absolute atomic E-state index is 12.6. The summed E-state index contributed by atoms with van der Waals surface area (Å²) < 4.78 is 43.5. The van der Waals surface area contributed by atoms with Crippen LogP contribution in [0.25, 0.3) is 0 Å². The van der Waals surface area contributed by atoms with E-state index in [9.17, 15) is 18.0 Å². The van der Waals surface area contributed by atoms with Gasteiger partial charge in [0, 0.05) is 19.6 Å². The molecular formula is C15H21F3N4O2. The number of nitrogens with one attached hydrogen (secondary N) is 1. The maximum atomic E-state index is 12.6. The van der Waals surface area contributed by atoms with Crippen LogP contribution in [0.2, 0.25) is 0 Å². The van der Waals surface area contributed by atoms with Gasteiger partial charge < -0.3 is 19.9 Å². The van der Waals surface area contributed by atoms with Crippen LogP contribution in [-0.4, -0.2) is 67.3 Å². The van der Waals surface area contributed by atoms with E-state index in [1.54, 1.807) is 4.90 Å². The van der Waals surface area contributed by atoms with Gasteiger partial charge in [-0.25, -0.2) is 9.78 Å². The Hall–Kier alpha value is -1.87. The standard InChI is InChI=1S/C15H21F3N4O2/c1-21(2)9-12-10-22(6-7-24-12)14(23)19-8-11-4-3-5-13(20-11)15(16,17)18/h3-5,12H,6-10H2,1-2H3,(H,19,23). The van der Waals surface area contributed by atoms with Gasteiger partial charge in [0.15, 0.2) is 0 Å². The summed E-state index contributed by atoms with van der Waals surface area (Å²) in [6.07, 6.45) is -4.57. The number of hydrogen-bond donors (Lipinski definition) is 1. The predicted molar refractivity (Wildman–Crippen MR) is 81.3 cm³/mol. The Kier molecular flexibility index (Phi) is 6.00. The van der Waals surface area contributed by atoms with Crippen molar-refractivity contribution >= 4 is 6.03 Å². The Morgan fingerprint density at radius 3 is 2.88 bits per heavy atom. The summed E-state index contributed by atoms with van der Waals surface area (Å²) >= 11 is 0. The zero-order valence-electron chi connectivity index (χ0n) is 13.6. The van der Waals surface area contributed by atoms with Gasteiger partial charge in [-0.3, -0.25) is 0 Å². The monoisotopic (exact) mass is 346 g/mol. The van der Waals surface area contributed by atoms with Crippen molar-refractivity contribution in [1.29, 1.82) is 0 Å². The van der Waals surface area contributed by atoms with Crippen LogP contribution in [0, 0.1) is 0 Å². The lowest BCUT2D eigenvalue weighted by Crippen LogP contribution is -2.51. The SMILES string of the molecule is CN(C)CC1CN(C(=O)NCc2cccc(C(F)(F)F)n2)CCO1. The summed E-state index contributed by atoms with van der Waals surface area (Å²) in [5.74, 6) is 0. The molecule has 0 aliphatic carbocycles. The summed E-state index contributed by atoms with van der Waals surface area (Å²) in [6.45, 7) is 1.97. The van der Waals surface area contributed by atoms with Gasteiger partial charge in [-0.15, -0.1) is 0 Å². The first-order valence-electron chi connectivity index (χ1n) is 7.58. The second kappa shape index (κ2) is 7.80. The van der Waals surface area contributed by atoms with E-state index >= 15 is 0 Å². The molecule has 134 valence electrons. The molecule has 0 radical (unpaired) electrons. The molecule has 1 aliphatic rings. The minimum atomic E-state index is -4.50. The molecule has 2 amide bonds. The van der Waals surface area contributed by atoms with Gasteiger partial charge in [-0.05, 0) is 26.2 Å². The summed E-state index contributed by atoms with van der Waals surface area (Å²) in [5, 5.41) is 2.61. The highest BCUT2D eigenvalue weighted by Crippen LogP contribution is 2.27. The van der Waals surface area contributed by atoms with Crippen LogP contribution in [0.1, 0.15) is 11.4 Å². The van der Waals surface area contributed by atoms with E-state index in [0.717, 1.165) is 6.07 Å². The molecule has 1 saturated heterocycles. The molecule has 0 aromatic carbocycles. The molecule has 1 unspecified atom stereocenters. The van der Waals surface area contributed by atoms with Crippen molar-refractivity contribution < 1.29 is 22.7 Å². The Balaban J connectivity index is 1.89. The van der Waals surface area contributed by atoms with E-state index in [1.165, 1.54) is 12.1 Å². The second-order valence-corrected chi connectivity index (χ2v) is 5.87. The molecule has 6 nitrogen and oxygen atoms in total. The first-order valence-corrected chi connectivity index (χ1v) is 7.58. The van der Waals surface area contributed by atoms with Crippen molar-refractivity contribution in [3.05, 3.63) is 29.6 Å². The third-order valence-corrected chi connectivity index (χ3v) is 3.51. The van der Waals surface area contributed by atoms with E-state index in [0.29, 0.717) is 26.2 Å². The minimum Gasteiger partial charge on any atom is -0.373 e. The number of likely N-dealkylation sites (N-methyl/N-ethyl adjacent to an activating group) is 1. The summed E-state index contributed by atoms with van der Waals surface area (Å²) in [4.78, 5) is 19.3. The van der Waals surface area contributed by atoms with Gasteiger partial charge in [0.05, 0.1) is 24.9 Å². The average Bonchev–Trinajstić information content (AvgIpc) is 2.51. The van der Waals surface area contributed by atoms with E-state index in [-0.39, 0.29) is 24.4 Å². The summed E-state index contributed by atoms with van der Waals surface area (Å²) in [7, 11) is 3.84. The fourth-order valence-electron chi connectivity index (χ4n) is 2.44. The number of hydrogen-bond acceptors (Lipinski definition) is 4. The Bertz CT molecular complexity index is 566. The lowest BCUT2D eigenvalue weighted by Gasteiger charge is -2.34. The molecule has 2 rings (SSSR count). The number of nitrogens with zero attached hydrogens (tertiary/aromatic N) is 3. The van der Waals surface area contributed by atoms with Gasteiger partial charge in [0.25, 0.3) is 0 Å².